The molecule has 0 bridgehead atoms. The summed E-state index contributed by atoms with van der Waals surface area (Å²) in [6, 6.07) is 10.4. The first kappa shape index (κ1) is 14.7. The molecule has 6 heteroatoms. The van der Waals surface area contributed by atoms with Crippen molar-refractivity contribution in [3.8, 4) is 0 Å². The summed E-state index contributed by atoms with van der Waals surface area (Å²) in [7, 11) is 0. The number of rotatable bonds is 2. The molecule has 1 aliphatic heterocycles. The van der Waals surface area contributed by atoms with Gasteiger partial charge in [0.15, 0.2) is 0 Å². The van der Waals surface area contributed by atoms with Crippen LogP contribution in [0.3, 0.4) is 0 Å². The number of carbonyl (C=O) groups is 1. The van der Waals surface area contributed by atoms with Crippen LogP contribution in [-0.4, -0.2) is 37.0 Å². The summed E-state index contributed by atoms with van der Waals surface area (Å²) >= 11 is 6.01. The van der Waals surface area contributed by atoms with E-state index in [9.17, 15) is 9.59 Å². The molecular formula is C16H15ClN2O3. The Morgan fingerprint density at radius 3 is 2.50 bits per heavy atom. The second-order valence-corrected chi connectivity index (χ2v) is 5.54. The molecule has 1 aromatic carbocycles. The van der Waals surface area contributed by atoms with Crippen molar-refractivity contribution >= 4 is 23.2 Å². The van der Waals surface area contributed by atoms with Crippen molar-refractivity contribution in [2.75, 3.05) is 31.1 Å². The number of benzene rings is 1. The number of carbonyl (C=O) groups excluding carboxylic acids is 1. The summed E-state index contributed by atoms with van der Waals surface area (Å²) < 4.78 is 4.75. The lowest BCUT2D eigenvalue weighted by Crippen LogP contribution is -2.48. The van der Waals surface area contributed by atoms with E-state index in [4.69, 9.17) is 16.0 Å². The number of piperazine rings is 1. The summed E-state index contributed by atoms with van der Waals surface area (Å²) in [4.78, 5) is 27.2. The minimum atomic E-state index is -0.456. The van der Waals surface area contributed by atoms with Crippen LogP contribution in [0.25, 0.3) is 0 Å². The van der Waals surface area contributed by atoms with E-state index in [1.165, 1.54) is 18.4 Å². The fourth-order valence-corrected chi connectivity index (χ4v) is 2.69. The average Bonchev–Trinajstić information content (AvgIpc) is 2.55. The topological polar surface area (TPSA) is 53.8 Å². The fourth-order valence-electron chi connectivity index (χ4n) is 2.50. The minimum Gasteiger partial charge on any atom is -0.430 e. The highest BCUT2D eigenvalue weighted by molar-refractivity contribution is 6.30. The summed E-state index contributed by atoms with van der Waals surface area (Å²) in [5.74, 6) is -0.116. The third-order valence-electron chi connectivity index (χ3n) is 3.69. The molecule has 2 heterocycles. The molecular weight excluding hydrogens is 304 g/mol. The maximum atomic E-state index is 12.3. The largest absolute Gasteiger partial charge is 0.430 e. The molecule has 1 aromatic heterocycles. The highest BCUT2D eigenvalue weighted by Crippen LogP contribution is 2.21. The monoisotopic (exact) mass is 318 g/mol. The molecule has 1 saturated heterocycles. The first-order valence-corrected chi connectivity index (χ1v) is 7.40. The van der Waals surface area contributed by atoms with Crippen molar-refractivity contribution in [1.82, 2.24) is 4.90 Å². The maximum absolute atomic E-state index is 12.3. The van der Waals surface area contributed by atoms with Crippen LogP contribution in [0.2, 0.25) is 5.02 Å². The van der Waals surface area contributed by atoms with Gasteiger partial charge >= 0.3 is 5.63 Å². The molecule has 1 fully saturated rings. The Morgan fingerprint density at radius 2 is 1.86 bits per heavy atom. The van der Waals surface area contributed by atoms with Crippen molar-refractivity contribution in [3.05, 3.63) is 63.7 Å². The first-order chi connectivity index (χ1) is 10.6. The maximum Gasteiger partial charge on any atom is 0.335 e. The van der Waals surface area contributed by atoms with Gasteiger partial charge in [0.2, 0.25) is 0 Å². The predicted octanol–water partition coefficient (Wildman–Crippen LogP) is 2.26. The number of amides is 1. The van der Waals surface area contributed by atoms with Crippen molar-refractivity contribution < 1.29 is 9.21 Å². The van der Waals surface area contributed by atoms with E-state index in [1.54, 1.807) is 4.90 Å². The van der Waals surface area contributed by atoms with Gasteiger partial charge < -0.3 is 14.2 Å². The lowest BCUT2D eigenvalue weighted by Gasteiger charge is -2.36. The highest BCUT2D eigenvalue weighted by Gasteiger charge is 2.22. The van der Waals surface area contributed by atoms with Gasteiger partial charge in [-0.05, 0) is 24.3 Å². The van der Waals surface area contributed by atoms with E-state index >= 15 is 0 Å². The average molecular weight is 319 g/mol. The molecule has 0 spiro atoms. The number of anilines is 1. The molecule has 0 atom stereocenters. The molecule has 0 aliphatic carbocycles. The predicted molar refractivity (Wildman–Crippen MR) is 84.5 cm³/mol. The van der Waals surface area contributed by atoms with Crippen LogP contribution in [0.1, 0.15) is 10.4 Å². The van der Waals surface area contributed by atoms with E-state index in [0.717, 1.165) is 18.8 Å². The van der Waals surface area contributed by atoms with Crippen LogP contribution < -0.4 is 10.5 Å². The van der Waals surface area contributed by atoms with Crippen molar-refractivity contribution in [1.29, 1.82) is 0 Å². The van der Waals surface area contributed by atoms with Crippen molar-refractivity contribution in [2.45, 2.75) is 0 Å². The van der Waals surface area contributed by atoms with E-state index in [-0.39, 0.29) is 5.91 Å². The Labute approximate surface area is 132 Å². The molecule has 2 aromatic rings. The van der Waals surface area contributed by atoms with Gasteiger partial charge in [-0.3, -0.25) is 4.79 Å². The molecule has 5 nitrogen and oxygen atoms in total. The Bertz CT molecular complexity index is 716. The van der Waals surface area contributed by atoms with Crippen LogP contribution in [0, 0.1) is 0 Å². The smallest absolute Gasteiger partial charge is 0.335 e. The number of hydrogen-bond acceptors (Lipinski definition) is 4. The van der Waals surface area contributed by atoms with E-state index < -0.39 is 5.63 Å². The number of nitrogens with zero attached hydrogens (tertiary/aromatic N) is 2. The summed E-state index contributed by atoms with van der Waals surface area (Å²) in [6.45, 7) is 2.71. The standard InChI is InChI=1S/C16H15ClN2O3/c17-13-2-1-3-14(10-13)18-6-8-19(9-7-18)16(21)12-4-5-15(20)22-11-12/h1-5,10-11H,6-9H2. The second-order valence-electron chi connectivity index (χ2n) is 5.10. The Kier molecular flexibility index (Phi) is 4.15. The number of halogens is 1. The van der Waals surface area contributed by atoms with Crippen LogP contribution in [0.15, 0.2) is 51.9 Å². The van der Waals surface area contributed by atoms with Gasteiger partial charge in [0.05, 0.1) is 5.56 Å². The summed E-state index contributed by atoms with van der Waals surface area (Å²) in [5, 5.41) is 0.704. The quantitative estimate of drug-likeness (QED) is 0.852. The van der Waals surface area contributed by atoms with E-state index in [2.05, 4.69) is 4.90 Å². The minimum absolute atomic E-state index is 0.116. The third kappa shape index (κ3) is 3.14. The molecule has 22 heavy (non-hydrogen) atoms. The summed E-state index contributed by atoms with van der Waals surface area (Å²) in [5.41, 5.74) is 1.00. The van der Waals surface area contributed by atoms with Gasteiger partial charge in [-0.2, -0.15) is 0 Å². The molecule has 3 rings (SSSR count). The summed E-state index contributed by atoms with van der Waals surface area (Å²) in [6.07, 6.45) is 1.22. The van der Waals surface area contributed by atoms with Gasteiger partial charge in [-0.15, -0.1) is 0 Å². The third-order valence-corrected chi connectivity index (χ3v) is 3.92. The number of hydrogen-bond donors (Lipinski definition) is 0. The van der Waals surface area contributed by atoms with Crippen molar-refractivity contribution in [2.24, 2.45) is 0 Å². The zero-order valence-electron chi connectivity index (χ0n) is 11.9. The van der Waals surface area contributed by atoms with Crippen LogP contribution in [0.5, 0.6) is 0 Å². The second kappa shape index (κ2) is 6.23. The fraction of sp³-hybridized carbons (Fsp3) is 0.250. The SMILES string of the molecule is O=C(c1ccc(=O)oc1)N1CCN(c2cccc(Cl)c2)CC1. The van der Waals surface area contributed by atoms with Gasteiger partial charge in [0.1, 0.15) is 6.26 Å². The first-order valence-electron chi connectivity index (χ1n) is 7.02. The zero-order valence-corrected chi connectivity index (χ0v) is 12.6. The Hall–Kier alpha value is -2.27. The van der Waals surface area contributed by atoms with E-state index in [1.807, 2.05) is 24.3 Å². The molecule has 0 radical (unpaired) electrons. The molecule has 0 N–H and O–H groups in total. The lowest BCUT2D eigenvalue weighted by atomic mass is 10.2. The molecule has 1 amide bonds. The van der Waals surface area contributed by atoms with Gasteiger partial charge in [0.25, 0.3) is 5.91 Å². The normalized spacial score (nSPS) is 15.0. The lowest BCUT2D eigenvalue weighted by molar-refractivity contribution is 0.0744. The van der Waals surface area contributed by atoms with E-state index in [0.29, 0.717) is 23.7 Å². The van der Waals surface area contributed by atoms with Gasteiger partial charge in [0, 0.05) is 43.0 Å². The van der Waals surface area contributed by atoms with Crippen LogP contribution in [-0.2, 0) is 0 Å². The van der Waals surface area contributed by atoms with Crippen LogP contribution in [0.4, 0.5) is 5.69 Å². The van der Waals surface area contributed by atoms with Gasteiger partial charge in [-0.25, -0.2) is 4.79 Å². The zero-order chi connectivity index (χ0) is 15.5. The van der Waals surface area contributed by atoms with Crippen molar-refractivity contribution in [3.63, 3.8) is 0 Å². The van der Waals surface area contributed by atoms with Gasteiger partial charge in [-0.1, -0.05) is 17.7 Å². The molecule has 0 saturated carbocycles. The Morgan fingerprint density at radius 1 is 1.09 bits per heavy atom. The molecule has 114 valence electrons. The molecule has 0 unspecified atom stereocenters. The Balaban J connectivity index is 1.65. The molecule has 1 aliphatic rings. The van der Waals surface area contributed by atoms with Crippen LogP contribution >= 0.6 is 11.6 Å². The highest BCUT2D eigenvalue weighted by atomic mass is 35.5.